The molecule has 0 fully saturated rings. The first-order chi connectivity index (χ1) is 7.59. The average Bonchev–Trinajstić information content (AvgIpc) is 2.26. The minimum atomic E-state index is -0.771. The number of hydrogen-bond donors (Lipinski definition) is 1. The molecule has 0 amide bonds. The molecule has 1 heterocycles. The molecule has 16 heavy (non-hydrogen) atoms. The van der Waals surface area contributed by atoms with Gasteiger partial charge >= 0.3 is 5.97 Å². The van der Waals surface area contributed by atoms with Gasteiger partial charge in [0.15, 0.2) is 0 Å². The van der Waals surface area contributed by atoms with Crippen molar-refractivity contribution in [3.05, 3.63) is 28.8 Å². The molecule has 2 unspecified atom stereocenters. The van der Waals surface area contributed by atoms with Crippen molar-refractivity contribution in [1.29, 1.82) is 0 Å². The Balaban J connectivity index is 2.36. The minimum absolute atomic E-state index is 0.0125. The molecule has 0 spiro atoms. The summed E-state index contributed by atoms with van der Waals surface area (Å²) in [5.74, 6) is -0.438. The maximum atomic E-state index is 11.0. The van der Waals surface area contributed by atoms with Crippen LogP contribution in [0.15, 0.2) is 18.2 Å². The Hall–Kier alpha value is -1.22. The number of rotatable bonds is 2. The summed E-state index contributed by atoms with van der Waals surface area (Å²) in [7, 11) is 0. The number of aliphatic carboxylic acids is 1. The van der Waals surface area contributed by atoms with E-state index in [4.69, 9.17) is 21.4 Å². The Labute approximate surface area is 99.0 Å². The van der Waals surface area contributed by atoms with Gasteiger partial charge in [0.05, 0.1) is 12.5 Å². The van der Waals surface area contributed by atoms with E-state index >= 15 is 0 Å². The molecule has 0 aromatic heterocycles. The van der Waals surface area contributed by atoms with E-state index in [0.29, 0.717) is 11.6 Å². The van der Waals surface area contributed by atoms with Crippen molar-refractivity contribution < 1.29 is 14.6 Å². The van der Waals surface area contributed by atoms with Gasteiger partial charge < -0.3 is 9.84 Å². The first kappa shape index (κ1) is 11.3. The summed E-state index contributed by atoms with van der Waals surface area (Å²) in [6.07, 6.45) is 0.738. The zero-order valence-electron chi connectivity index (χ0n) is 8.94. The molecule has 1 N–H and O–H groups in total. The summed E-state index contributed by atoms with van der Waals surface area (Å²) < 4.78 is 5.49. The molecule has 1 aliphatic heterocycles. The van der Waals surface area contributed by atoms with E-state index in [-0.39, 0.29) is 5.92 Å². The van der Waals surface area contributed by atoms with E-state index < -0.39 is 11.9 Å². The Morgan fingerprint density at radius 1 is 1.62 bits per heavy atom. The van der Waals surface area contributed by atoms with Gasteiger partial charge in [-0.25, -0.2) is 0 Å². The lowest BCUT2D eigenvalue weighted by Gasteiger charge is -2.28. The van der Waals surface area contributed by atoms with Crippen molar-refractivity contribution in [1.82, 2.24) is 0 Å². The van der Waals surface area contributed by atoms with Crippen molar-refractivity contribution in [2.75, 3.05) is 6.61 Å². The molecular weight excluding hydrogens is 228 g/mol. The lowest BCUT2D eigenvalue weighted by atomic mass is 9.83. The Morgan fingerprint density at radius 3 is 3.06 bits per heavy atom. The highest BCUT2D eigenvalue weighted by molar-refractivity contribution is 6.30. The number of halogens is 1. The van der Waals surface area contributed by atoms with Crippen LogP contribution in [0.2, 0.25) is 5.02 Å². The largest absolute Gasteiger partial charge is 0.493 e. The van der Waals surface area contributed by atoms with E-state index in [1.807, 2.05) is 6.07 Å². The van der Waals surface area contributed by atoms with Crippen LogP contribution in [0.3, 0.4) is 0 Å². The van der Waals surface area contributed by atoms with Gasteiger partial charge in [-0.3, -0.25) is 4.79 Å². The predicted molar refractivity (Wildman–Crippen MR) is 61.1 cm³/mol. The Kier molecular flexibility index (Phi) is 3.06. The summed E-state index contributed by atoms with van der Waals surface area (Å²) in [5.41, 5.74) is 0.950. The van der Waals surface area contributed by atoms with Gasteiger partial charge in [-0.15, -0.1) is 0 Å². The molecule has 0 saturated heterocycles. The zero-order valence-corrected chi connectivity index (χ0v) is 9.70. The maximum Gasteiger partial charge on any atom is 0.306 e. The van der Waals surface area contributed by atoms with Crippen LogP contribution >= 0.6 is 11.6 Å². The summed E-state index contributed by atoms with van der Waals surface area (Å²) >= 11 is 5.87. The topological polar surface area (TPSA) is 46.5 Å². The quantitative estimate of drug-likeness (QED) is 0.865. The highest BCUT2D eigenvalue weighted by Crippen LogP contribution is 2.39. The van der Waals surface area contributed by atoms with Gasteiger partial charge in [0.1, 0.15) is 5.75 Å². The molecular formula is C12H13ClO3. The first-order valence-corrected chi connectivity index (χ1v) is 5.62. The van der Waals surface area contributed by atoms with Gasteiger partial charge in [-0.1, -0.05) is 24.6 Å². The van der Waals surface area contributed by atoms with Crippen LogP contribution in [0.5, 0.6) is 5.75 Å². The lowest BCUT2D eigenvalue weighted by molar-refractivity contribution is -0.142. The molecule has 0 bridgehead atoms. The van der Waals surface area contributed by atoms with Crippen molar-refractivity contribution in [3.8, 4) is 5.75 Å². The molecule has 0 radical (unpaired) electrons. The van der Waals surface area contributed by atoms with Gasteiger partial charge in [0.2, 0.25) is 0 Å². The fraction of sp³-hybridized carbons (Fsp3) is 0.417. The zero-order chi connectivity index (χ0) is 11.7. The molecule has 2 atom stereocenters. The highest BCUT2D eigenvalue weighted by atomic mass is 35.5. The van der Waals surface area contributed by atoms with Crippen LogP contribution < -0.4 is 4.74 Å². The van der Waals surface area contributed by atoms with Gasteiger partial charge in [-0.05, 0) is 24.1 Å². The lowest BCUT2D eigenvalue weighted by Crippen LogP contribution is -2.24. The summed E-state index contributed by atoms with van der Waals surface area (Å²) in [4.78, 5) is 11.0. The summed E-state index contributed by atoms with van der Waals surface area (Å²) in [6, 6.07) is 5.38. The SMILES string of the molecule is CC(C(=O)O)C1CCOc2cc(Cl)ccc21. The van der Waals surface area contributed by atoms with E-state index in [1.165, 1.54) is 0 Å². The third kappa shape index (κ3) is 2.00. The second-order valence-corrected chi connectivity index (χ2v) is 4.49. The van der Waals surface area contributed by atoms with Crippen LogP contribution in [-0.4, -0.2) is 17.7 Å². The van der Waals surface area contributed by atoms with Crippen LogP contribution in [0.1, 0.15) is 24.8 Å². The smallest absolute Gasteiger partial charge is 0.306 e. The fourth-order valence-electron chi connectivity index (χ4n) is 2.08. The molecule has 3 nitrogen and oxygen atoms in total. The second-order valence-electron chi connectivity index (χ2n) is 4.05. The Morgan fingerprint density at radius 2 is 2.38 bits per heavy atom. The van der Waals surface area contributed by atoms with Crippen LogP contribution in [0.4, 0.5) is 0 Å². The fourth-order valence-corrected chi connectivity index (χ4v) is 2.24. The summed E-state index contributed by atoms with van der Waals surface area (Å²) in [6.45, 7) is 2.28. The normalized spacial score (nSPS) is 20.8. The second kappa shape index (κ2) is 4.34. The standard InChI is InChI=1S/C12H13ClO3/c1-7(12(14)15)9-4-5-16-11-6-8(13)2-3-10(9)11/h2-3,6-7,9H,4-5H2,1H3,(H,14,15). The van der Waals surface area contributed by atoms with Crippen molar-refractivity contribution >= 4 is 17.6 Å². The third-order valence-electron chi connectivity index (χ3n) is 3.05. The van der Waals surface area contributed by atoms with Gasteiger partial charge in [0, 0.05) is 10.9 Å². The Bertz CT molecular complexity index is 417. The molecule has 0 aliphatic carbocycles. The van der Waals surface area contributed by atoms with E-state index in [9.17, 15) is 4.79 Å². The third-order valence-corrected chi connectivity index (χ3v) is 3.29. The number of fused-ring (bicyclic) bond motifs is 1. The number of hydrogen-bond acceptors (Lipinski definition) is 2. The minimum Gasteiger partial charge on any atom is -0.493 e. The van der Waals surface area contributed by atoms with Crippen LogP contribution in [-0.2, 0) is 4.79 Å². The molecule has 1 aromatic carbocycles. The number of carbonyl (C=O) groups is 1. The van der Waals surface area contributed by atoms with Gasteiger partial charge in [-0.2, -0.15) is 0 Å². The number of carboxylic acids is 1. The first-order valence-electron chi connectivity index (χ1n) is 5.24. The molecule has 1 aliphatic rings. The molecule has 86 valence electrons. The molecule has 1 aromatic rings. The summed E-state index contributed by atoms with van der Waals surface area (Å²) in [5, 5.41) is 9.66. The number of carboxylic acid groups (broad SMARTS) is 1. The van der Waals surface area contributed by atoms with Crippen molar-refractivity contribution in [3.63, 3.8) is 0 Å². The van der Waals surface area contributed by atoms with Crippen molar-refractivity contribution in [2.24, 2.45) is 5.92 Å². The molecule has 4 heteroatoms. The maximum absolute atomic E-state index is 11.0. The monoisotopic (exact) mass is 240 g/mol. The van der Waals surface area contributed by atoms with Crippen molar-refractivity contribution in [2.45, 2.75) is 19.3 Å². The number of ether oxygens (including phenoxy) is 1. The molecule has 2 rings (SSSR count). The van der Waals surface area contributed by atoms with E-state index in [0.717, 1.165) is 17.7 Å². The molecule has 0 saturated carbocycles. The van der Waals surface area contributed by atoms with Gasteiger partial charge in [0.25, 0.3) is 0 Å². The number of benzene rings is 1. The average molecular weight is 241 g/mol. The van der Waals surface area contributed by atoms with Crippen LogP contribution in [0.25, 0.3) is 0 Å². The highest BCUT2D eigenvalue weighted by Gasteiger charge is 2.30. The predicted octanol–water partition coefficient (Wildman–Crippen LogP) is 2.93. The van der Waals surface area contributed by atoms with E-state index in [1.54, 1.807) is 19.1 Å². The van der Waals surface area contributed by atoms with Crippen LogP contribution in [0, 0.1) is 5.92 Å². The van der Waals surface area contributed by atoms with E-state index in [2.05, 4.69) is 0 Å².